The van der Waals surface area contributed by atoms with Crippen LogP contribution < -0.4 is 5.76 Å². The van der Waals surface area contributed by atoms with Crippen LogP contribution in [0, 0.1) is 10.1 Å². The van der Waals surface area contributed by atoms with E-state index in [1.54, 1.807) is 37.4 Å². The third-order valence-electron chi connectivity index (χ3n) is 4.31. The number of benzene rings is 2. The molecular weight excluding hydrogens is 350 g/mol. The van der Waals surface area contributed by atoms with Crippen LogP contribution in [0.1, 0.15) is 18.4 Å². The molecule has 27 heavy (non-hydrogen) atoms. The summed E-state index contributed by atoms with van der Waals surface area (Å²) in [6.45, 7) is 0.668. The number of hydrogen-bond donors (Lipinski definition) is 0. The molecule has 0 spiro atoms. The zero-order chi connectivity index (χ0) is 19.4. The summed E-state index contributed by atoms with van der Waals surface area (Å²) in [5.41, 5.74) is 1.92. The van der Waals surface area contributed by atoms with E-state index >= 15 is 0 Å². The molecule has 140 valence electrons. The van der Waals surface area contributed by atoms with E-state index in [2.05, 4.69) is 0 Å². The van der Waals surface area contributed by atoms with Gasteiger partial charge in [0.25, 0.3) is 5.69 Å². The van der Waals surface area contributed by atoms with E-state index in [-0.39, 0.29) is 24.6 Å². The molecule has 0 saturated heterocycles. The highest BCUT2D eigenvalue weighted by Crippen LogP contribution is 2.15. The summed E-state index contributed by atoms with van der Waals surface area (Å²) < 4.78 is 6.69. The molecule has 0 fully saturated rings. The lowest BCUT2D eigenvalue weighted by Gasteiger charge is -2.17. The van der Waals surface area contributed by atoms with Crippen LogP contribution in [0.4, 0.5) is 5.69 Å². The van der Waals surface area contributed by atoms with Crippen molar-refractivity contribution < 1.29 is 14.1 Å². The number of carbonyl (C=O) groups is 1. The molecule has 0 atom stereocenters. The number of non-ortho nitro benzene ring substituents is 1. The predicted molar refractivity (Wildman–Crippen MR) is 99.3 cm³/mol. The van der Waals surface area contributed by atoms with Crippen LogP contribution in [0.2, 0.25) is 0 Å². The highest BCUT2D eigenvalue weighted by atomic mass is 16.6. The van der Waals surface area contributed by atoms with E-state index < -0.39 is 10.7 Å². The van der Waals surface area contributed by atoms with Gasteiger partial charge in [-0.05, 0) is 24.1 Å². The number of fused-ring (bicyclic) bond motifs is 1. The van der Waals surface area contributed by atoms with E-state index in [9.17, 15) is 19.7 Å². The zero-order valence-electron chi connectivity index (χ0n) is 14.8. The van der Waals surface area contributed by atoms with Gasteiger partial charge in [-0.2, -0.15) is 0 Å². The summed E-state index contributed by atoms with van der Waals surface area (Å²) >= 11 is 0. The van der Waals surface area contributed by atoms with Crippen molar-refractivity contribution in [2.45, 2.75) is 25.9 Å². The molecule has 3 rings (SSSR count). The zero-order valence-corrected chi connectivity index (χ0v) is 14.8. The summed E-state index contributed by atoms with van der Waals surface area (Å²) in [6, 6.07) is 13.4. The van der Waals surface area contributed by atoms with Crippen molar-refractivity contribution in [2.75, 3.05) is 7.05 Å². The molecule has 0 aliphatic carbocycles. The molecule has 0 saturated carbocycles. The summed E-state index contributed by atoms with van der Waals surface area (Å²) in [4.78, 5) is 36.1. The quantitative estimate of drug-likeness (QED) is 0.471. The lowest BCUT2D eigenvalue weighted by atomic mass is 10.2. The summed E-state index contributed by atoms with van der Waals surface area (Å²) in [6.07, 6.45) is 0.749. The second kappa shape index (κ2) is 7.86. The van der Waals surface area contributed by atoms with Crippen molar-refractivity contribution in [3.05, 3.63) is 74.8 Å². The van der Waals surface area contributed by atoms with Gasteiger partial charge in [-0.3, -0.25) is 19.5 Å². The molecule has 8 heteroatoms. The van der Waals surface area contributed by atoms with Gasteiger partial charge in [0.15, 0.2) is 5.58 Å². The third-order valence-corrected chi connectivity index (χ3v) is 4.31. The van der Waals surface area contributed by atoms with Gasteiger partial charge >= 0.3 is 5.76 Å². The van der Waals surface area contributed by atoms with Crippen LogP contribution in [0.3, 0.4) is 0 Å². The number of nitrogens with zero attached hydrogens (tertiary/aromatic N) is 3. The molecule has 1 heterocycles. The monoisotopic (exact) mass is 369 g/mol. The SMILES string of the molecule is CN(Cc1cccc([N+](=O)[O-])c1)C(=O)CCCn1c(=O)oc2ccccc21. The number of rotatable bonds is 7. The van der Waals surface area contributed by atoms with Crippen molar-refractivity contribution in [1.29, 1.82) is 0 Å². The van der Waals surface area contributed by atoms with Gasteiger partial charge in [-0.25, -0.2) is 4.79 Å². The van der Waals surface area contributed by atoms with E-state index in [0.29, 0.717) is 29.6 Å². The molecule has 0 aliphatic heterocycles. The van der Waals surface area contributed by atoms with Crippen molar-refractivity contribution in [2.24, 2.45) is 0 Å². The minimum Gasteiger partial charge on any atom is -0.408 e. The van der Waals surface area contributed by atoms with Crippen molar-refractivity contribution in [3.63, 3.8) is 0 Å². The number of nitro benzene ring substituents is 1. The average Bonchev–Trinajstić information content (AvgIpc) is 2.97. The van der Waals surface area contributed by atoms with Gasteiger partial charge < -0.3 is 9.32 Å². The van der Waals surface area contributed by atoms with Crippen molar-refractivity contribution >= 4 is 22.7 Å². The molecule has 0 radical (unpaired) electrons. The number of amides is 1. The van der Waals surface area contributed by atoms with E-state index in [1.807, 2.05) is 6.07 Å². The number of carbonyl (C=O) groups excluding carboxylic acids is 1. The minimum atomic E-state index is -0.460. The maximum absolute atomic E-state index is 12.3. The molecular formula is C19H19N3O5. The van der Waals surface area contributed by atoms with Gasteiger partial charge in [0.2, 0.25) is 5.91 Å². The summed E-state index contributed by atoms with van der Waals surface area (Å²) in [5, 5.41) is 10.8. The number of para-hydroxylation sites is 2. The molecule has 0 N–H and O–H groups in total. The fourth-order valence-electron chi connectivity index (χ4n) is 2.94. The first-order chi connectivity index (χ1) is 13.0. The van der Waals surface area contributed by atoms with Gasteiger partial charge in [0, 0.05) is 38.7 Å². The average molecular weight is 369 g/mol. The Kier molecular flexibility index (Phi) is 5.35. The van der Waals surface area contributed by atoms with Gasteiger partial charge in [-0.15, -0.1) is 0 Å². The Hall–Kier alpha value is -3.42. The number of nitro groups is 1. The molecule has 2 aromatic carbocycles. The molecule has 0 aliphatic rings. The fraction of sp³-hybridized carbons (Fsp3) is 0.263. The van der Waals surface area contributed by atoms with Gasteiger partial charge in [0.05, 0.1) is 10.4 Å². The topological polar surface area (TPSA) is 98.6 Å². The Morgan fingerprint density at radius 3 is 2.78 bits per heavy atom. The third kappa shape index (κ3) is 4.22. The second-order valence-corrected chi connectivity index (χ2v) is 6.27. The summed E-state index contributed by atoms with van der Waals surface area (Å²) in [7, 11) is 1.65. The maximum atomic E-state index is 12.3. The first-order valence-electron chi connectivity index (χ1n) is 8.51. The summed E-state index contributed by atoms with van der Waals surface area (Å²) in [5.74, 6) is -0.532. The molecule has 1 amide bonds. The number of aromatic nitrogens is 1. The smallest absolute Gasteiger partial charge is 0.408 e. The molecule has 3 aromatic rings. The van der Waals surface area contributed by atoms with Gasteiger partial charge in [0.1, 0.15) is 0 Å². The predicted octanol–water partition coefficient (Wildman–Crippen LogP) is 2.94. The Labute approximate surface area is 154 Å². The molecule has 8 nitrogen and oxygen atoms in total. The molecule has 0 bridgehead atoms. The molecule has 0 unspecified atom stereocenters. The van der Waals surface area contributed by atoms with Crippen LogP contribution in [-0.4, -0.2) is 27.3 Å². The Morgan fingerprint density at radius 1 is 1.22 bits per heavy atom. The van der Waals surface area contributed by atoms with E-state index in [1.165, 1.54) is 21.6 Å². The van der Waals surface area contributed by atoms with E-state index in [0.717, 1.165) is 0 Å². The van der Waals surface area contributed by atoms with Crippen LogP contribution in [-0.2, 0) is 17.9 Å². The highest BCUT2D eigenvalue weighted by molar-refractivity contribution is 5.76. The van der Waals surface area contributed by atoms with Crippen molar-refractivity contribution in [1.82, 2.24) is 9.47 Å². The highest BCUT2D eigenvalue weighted by Gasteiger charge is 2.13. The van der Waals surface area contributed by atoms with E-state index in [4.69, 9.17) is 4.42 Å². The minimum absolute atomic E-state index is 0.000407. The Bertz CT molecular complexity index is 1040. The van der Waals surface area contributed by atoms with Crippen LogP contribution in [0.25, 0.3) is 11.1 Å². The number of oxazole rings is 1. The first-order valence-corrected chi connectivity index (χ1v) is 8.51. The Morgan fingerprint density at radius 2 is 2.00 bits per heavy atom. The van der Waals surface area contributed by atoms with Gasteiger partial charge in [-0.1, -0.05) is 24.3 Å². The standard InChI is InChI=1S/C19H19N3O5/c1-20(13-14-6-4-7-15(12-14)22(25)26)18(23)10-5-11-21-16-8-2-3-9-17(16)27-19(21)24/h2-4,6-9,12H,5,10-11,13H2,1H3. The fourth-order valence-corrected chi connectivity index (χ4v) is 2.94. The normalized spacial score (nSPS) is 10.9. The second-order valence-electron chi connectivity index (χ2n) is 6.27. The first kappa shape index (κ1) is 18.4. The van der Waals surface area contributed by atoms with Crippen molar-refractivity contribution in [3.8, 4) is 0 Å². The molecule has 1 aromatic heterocycles. The lowest BCUT2D eigenvalue weighted by Crippen LogP contribution is -2.26. The largest absolute Gasteiger partial charge is 0.419 e. The number of aryl methyl sites for hydroxylation is 1. The van der Waals surface area contributed by atoms with Crippen LogP contribution in [0.5, 0.6) is 0 Å². The number of hydrogen-bond acceptors (Lipinski definition) is 5. The van der Waals surface area contributed by atoms with Crippen LogP contribution in [0.15, 0.2) is 57.7 Å². The van der Waals surface area contributed by atoms with Crippen LogP contribution >= 0.6 is 0 Å². The maximum Gasteiger partial charge on any atom is 0.419 e. The Balaban J connectivity index is 1.57. The lowest BCUT2D eigenvalue weighted by molar-refractivity contribution is -0.384.